The molecule has 0 saturated carbocycles. The Kier molecular flexibility index (Phi) is 39.4. The normalized spacial score (nSPS) is 21.7. The Labute approximate surface area is 637 Å². The molecule has 31 heteroatoms. The molecule has 2 heterocycles. The number of esters is 1. The molecule has 2 aliphatic rings. The van der Waals surface area contributed by atoms with Crippen LogP contribution in [0.5, 0.6) is 0 Å². The van der Waals surface area contributed by atoms with Crippen LogP contribution in [0.1, 0.15) is 207 Å². The number of benzene rings is 1. The van der Waals surface area contributed by atoms with Gasteiger partial charge in [0.25, 0.3) is 5.91 Å². The van der Waals surface area contributed by atoms with Crippen molar-refractivity contribution in [1.82, 2.24) is 68.7 Å². The number of nitrogens with one attached hydrogen (secondary N) is 12. The molecule has 0 aromatic heterocycles. The van der Waals surface area contributed by atoms with Gasteiger partial charge in [0.05, 0.1) is 0 Å². The van der Waals surface area contributed by atoms with Crippen molar-refractivity contribution in [3.63, 3.8) is 0 Å². The number of allylic oxidation sites excluding steroid dienone is 1. The molecular formula is C77H126N14O17. The minimum atomic E-state index is -1.83. The number of likely N-dealkylation sites (tertiary alicyclic amines) is 1. The number of aliphatic carboxylic acids is 1. The summed E-state index contributed by atoms with van der Waals surface area (Å²) in [4.78, 5) is 214. The van der Waals surface area contributed by atoms with Crippen molar-refractivity contribution in [3.8, 4) is 0 Å². The highest BCUT2D eigenvalue weighted by Crippen LogP contribution is 2.23. The second kappa shape index (κ2) is 45.7. The molecule has 3 rings (SSSR count). The quantitative estimate of drug-likeness (QED) is 0.0261. The Morgan fingerprint density at radius 2 is 1.11 bits per heavy atom. The summed E-state index contributed by atoms with van der Waals surface area (Å²) in [6.45, 7) is 30.2. The number of nitrogens with zero attached hydrogens (tertiary/aromatic N) is 1. The summed E-state index contributed by atoms with van der Waals surface area (Å²) >= 11 is 0. The molecule has 31 nitrogen and oxygen atoms in total. The highest BCUT2D eigenvalue weighted by atomic mass is 16.5. The summed E-state index contributed by atoms with van der Waals surface area (Å²) < 4.78 is 5.94. The molecule has 15 N–H and O–H groups in total. The molecule has 13 amide bonds. The van der Waals surface area contributed by atoms with Gasteiger partial charge in [0.2, 0.25) is 70.9 Å². The number of carbonyl (C=O) groups is 15. The number of carbonyl (C=O) groups excluding carboxylic acids is 14. The van der Waals surface area contributed by atoms with Crippen LogP contribution in [0.2, 0.25) is 0 Å². The van der Waals surface area contributed by atoms with Gasteiger partial charge in [0, 0.05) is 25.8 Å². The summed E-state index contributed by atoms with van der Waals surface area (Å²) in [7, 11) is 0. The zero-order valence-electron chi connectivity index (χ0n) is 66.7. The minimum Gasteiger partial charge on any atom is -0.481 e. The Bertz CT molecular complexity index is 3270. The van der Waals surface area contributed by atoms with Crippen molar-refractivity contribution in [2.45, 2.75) is 287 Å². The molecule has 0 bridgehead atoms. The number of ether oxygens (including phenoxy) is 1. The predicted molar refractivity (Wildman–Crippen MR) is 405 cm³/mol. The van der Waals surface area contributed by atoms with E-state index in [0.29, 0.717) is 24.3 Å². The molecule has 606 valence electrons. The minimum absolute atomic E-state index is 0.0393. The van der Waals surface area contributed by atoms with Crippen molar-refractivity contribution in [1.29, 1.82) is 0 Å². The third kappa shape index (κ3) is 29.5. The number of carboxylic acids is 1. The Hall–Kier alpha value is -9.03. The number of unbranched alkanes of at least 4 members (excludes halogenated alkanes) is 2. The number of hydrogen-bond donors (Lipinski definition) is 14. The molecule has 14 atom stereocenters. The van der Waals surface area contributed by atoms with Crippen molar-refractivity contribution in [2.24, 2.45) is 53.1 Å². The second-order valence-electron chi connectivity index (χ2n) is 31.0. The number of amides is 13. The van der Waals surface area contributed by atoms with Gasteiger partial charge >= 0.3 is 11.9 Å². The van der Waals surface area contributed by atoms with Crippen LogP contribution in [-0.4, -0.2) is 190 Å². The zero-order valence-corrected chi connectivity index (χ0v) is 66.7. The van der Waals surface area contributed by atoms with Crippen LogP contribution in [0.25, 0.3) is 0 Å². The van der Waals surface area contributed by atoms with Crippen LogP contribution < -0.4 is 69.5 Å². The van der Waals surface area contributed by atoms with E-state index in [4.69, 9.17) is 10.5 Å². The van der Waals surface area contributed by atoms with E-state index < -0.39 is 215 Å². The van der Waals surface area contributed by atoms with Gasteiger partial charge in [0.1, 0.15) is 84.3 Å². The maximum absolute atomic E-state index is 15.0. The highest BCUT2D eigenvalue weighted by Gasteiger charge is 2.44. The lowest BCUT2D eigenvalue weighted by Gasteiger charge is -2.33. The molecule has 3 unspecified atom stereocenters. The highest BCUT2D eigenvalue weighted by molar-refractivity contribution is 6.03. The average molecular weight is 1520 g/mol. The summed E-state index contributed by atoms with van der Waals surface area (Å²) in [6.07, 6.45) is 3.21. The van der Waals surface area contributed by atoms with Crippen LogP contribution in [0.3, 0.4) is 0 Å². The first-order chi connectivity index (χ1) is 50.7. The zero-order chi connectivity index (χ0) is 81.6. The van der Waals surface area contributed by atoms with Gasteiger partial charge < -0.3 is 84.3 Å². The smallest absolute Gasteiger partial charge is 0.329 e. The van der Waals surface area contributed by atoms with Gasteiger partial charge in [-0.25, -0.2) is 4.79 Å². The van der Waals surface area contributed by atoms with E-state index in [9.17, 15) is 72.2 Å². The standard InChI is InChI=1S/C77H126N14O17/c1-19-47(17)63(74(104)90-64-48(18)108-77(107)62(46(15)16)88-65(95)50(20-2)80-68(98)53(39-49-30-24-22-25-31-49)82-70(100)57(41(5)6)84-72(102)59(43(9)10)86-75(64)105)89-66(96)51(32-27-37-78)81-69(99)54-33-28-38-91(54)76(106)61(45(13)14)87-73(103)60(44(11)12)85-71(101)58(42(7)8)83-67(97)52(35-36-56(93)94)79-55(92)34-26-21-23-29-40(3)4/h20,22,24-25,30-31,40-48,51-54,57-64H,19,21,23,26-29,32-39,78H2,1-18H3,(H,79,92)(H,80,98)(H,81,99)(H,82,100)(H,83,97)(H,84,102)(H,85,101)(H,86,105)(H,87,103)(H,88,95)(H,89,96)(H,90,104)(H,93,94)/b50-20-/t47-,48?,51-,52+,53-,54+,57-,58-,59?,60-,61-,62-,63+,64?/m0/s1. The van der Waals surface area contributed by atoms with Gasteiger partial charge in [-0.15, -0.1) is 0 Å². The average Bonchev–Trinajstić information content (AvgIpc) is 1.44. The van der Waals surface area contributed by atoms with Gasteiger partial charge in [-0.1, -0.05) is 173 Å². The molecule has 1 aromatic carbocycles. The van der Waals surface area contributed by atoms with E-state index in [1.165, 1.54) is 24.8 Å². The van der Waals surface area contributed by atoms with Crippen molar-refractivity contribution in [2.75, 3.05) is 13.1 Å². The number of hydrogen-bond acceptors (Lipinski definition) is 17. The van der Waals surface area contributed by atoms with Crippen molar-refractivity contribution in [3.05, 3.63) is 47.7 Å². The molecule has 2 saturated heterocycles. The molecule has 0 aliphatic carbocycles. The first-order valence-electron chi connectivity index (χ1n) is 38.5. The van der Waals surface area contributed by atoms with Gasteiger partial charge in [-0.2, -0.15) is 0 Å². The first kappa shape index (κ1) is 93.2. The molecule has 2 aliphatic heterocycles. The van der Waals surface area contributed by atoms with E-state index in [0.717, 1.165) is 19.3 Å². The molecule has 1 aromatic rings. The molecule has 0 radical (unpaired) electrons. The first-order valence-corrected chi connectivity index (χ1v) is 38.5. The largest absolute Gasteiger partial charge is 0.481 e. The summed E-state index contributed by atoms with van der Waals surface area (Å²) in [5, 5.41) is 41.8. The molecule has 108 heavy (non-hydrogen) atoms. The number of carboxylic acid groups (broad SMARTS) is 1. The molecular weight excluding hydrogens is 1390 g/mol. The van der Waals surface area contributed by atoms with Crippen LogP contribution >= 0.6 is 0 Å². The number of rotatable bonds is 36. The summed E-state index contributed by atoms with van der Waals surface area (Å²) in [5.41, 5.74) is 6.33. The maximum atomic E-state index is 15.0. The monoisotopic (exact) mass is 1520 g/mol. The van der Waals surface area contributed by atoms with Crippen molar-refractivity contribution >= 4 is 88.7 Å². The topological polar surface area (TPSA) is 459 Å². The van der Waals surface area contributed by atoms with Crippen molar-refractivity contribution < 1.29 is 81.8 Å². The van der Waals surface area contributed by atoms with E-state index in [1.807, 2.05) is 0 Å². The fourth-order valence-electron chi connectivity index (χ4n) is 12.5. The van der Waals surface area contributed by atoms with E-state index in [1.54, 1.807) is 127 Å². The maximum Gasteiger partial charge on any atom is 0.329 e. The van der Waals surface area contributed by atoms with Crippen LogP contribution in [0.4, 0.5) is 0 Å². The van der Waals surface area contributed by atoms with E-state index in [-0.39, 0.29) is 63.7 Å². The fraction of sp³-hybridized carbons (Fsp3) is 0.701. The number of cyclic esters (lactones) is 1. The lowest BCUT2D eigenvalue weighted by atomic mass is 9.96. The van der Waals surface area contributed by atoms with Crippen LogP contribution in [0, 0.1) is 47.3 Å². The van der Waals surface area contributed by atoms with Gasteiger partial charge in [-0.3, -0.25) is 67.1 Å². The summed E-state index contributed by atoms with van der Waals surface area (Å²) in [5.74, 6) is -16.5. The van der Waals surface area contributed by atoms with Crippen LogP contribution in [0.15, 0.2) is 42.1 Å². The van der Waals surface area contributed by atoms with Gasteiger partial charge in [-0.05, 0) is 112 Å². The Balaban J connectivity index is 1.97. The van der Waals surface area contributed by atoms with E-state index in [2.05, 4.69) is 77.6 Å². The fourth-order valence-corrected chi connectivity index (χ4v) is 12.5. The predicted octanol–water partition coefficient (Wildman–Crippen LogP) is 2.71. The summed E-state index contributed by atoms with van der Waals surface area (Å²) in [6, 6.07) is -7.64. The third-order valence-electron chi connectivity index (χ3n) is 19.4. The van der Waals surface area contributed by atoms with E-state index >= 15 is 4.79 Å². The lowest BCUT2D eigenvalue weighted by molar-refractivity contribution is -0.157. The SMILES string of the molecule is C/C=C1\NC(=O)[C@H](Cc2ccccc2)NC(=O)[C@H](C(C)C)NC(=O)C(C(C)C)NC(=O)C(NC(=O)[C@H](NC(=O)[C@H](CCCN)NC(=O)[C@H]2CCCN2C(=O)[C@@H](NC(=O)[C@@H](NC(=O)[C@@H](NC(=O)[C@@H](CCC(=O)O)NC(=O)CCCCCC(C)C)C(C)C)C(C)C)C(C)C)[C@@H](C)CC)C(C)OC(=O)[C@H](C(C)C)NC1=O. The Morgan fingerprint density at radius 3 is 1.63 bits per heavy atom. The number of nitrogens with two attached hydrogens (primary N) is 1. The van der Waals surface area contributed by atoms with Gasteiger partial charge in [0.15, 0.2) is 0 Å². The van der Waals surface area contributed by atoms with Crippen LogP contribution in [-0.2, 0) is 83.1 Å². The lowest BCUT2D eigenvalue weighted by Crippen LogP contribution is -2.64. The second-order valence-corrected chi connectivity index (χ2v) is 31.0. The molecule has 2 fully saturated rings. The Morgan fingerprint density at radius 1 is 0.583 bits per heavy atom. The third-order valence-corrected chi connectivity index (χ3v) is 19.4. The molecule has 0 spiro atoms.